The second-order valence-electron chi connectivity index (χ2n) is 4.24. The first kappa shape index (κ1) is 13.6. The van der Waals surface area contributed by atoms with E-state index in [1.165, 1.54) is 19.3 Å². The lowest BCUT2D eigenvalue weighted by atomic mass is 10.1. The fraction of sp³-hybridized carbons (Fsp3) is 0.462. The molecule has 98 valence electrons. The van der Waals surface area contributed by atoms with Gasteiger partial charge in [-0.2, -0.15) is 11.8 Å². The fourth-order valence-electron chi connectivity index (χ4n) is 1.96. The average Bonchev–Trinajstić information content (AvgIpc) is 2.41. The first-order valence-corrected chi connectivity index (χ1v) is 7.46. The zero-order valence-electron chi connectivity index (χ0n) is 10.2. The van der Waals surface area contributed by atoms with Crippen molar-refractivity contribution in [3.8, 4) is 0 Å². The van der Waals surface area contributed by atoms with Crippen molar-refractivity contribution in [2.24, 2.45) is 0 Å². The van der Waals surface area contributed by atoms with E-state index in [1.54, 1.807) is 18.2 Å². The maximum absolute atomic E-state index is 11.5. The molecule has 1 aromatic rings. The Kier molecular flexibility index (Phi) is 4.78. The lowest BCUT2D eigenvalue weighted by molar-refractivity contribution is 0.0601. The van der Waals surface area contributed by atoms with Crippen LogP contribution in [0.15, 0.2) is 18.2 Å². The van der Waals surface area contributed by atoms with E-state index in [1.807, 2.05) is 11.8 Å². The summed E-state index contributed by atoms with van der Waals surface area (Å²) >= 11 is 8.09. The number of anilines is 1. The van der Waals surface area contributed by atoms with Crippen LogP contribution in [0.25, 0.3) is 0 Å². The van der Waals surface area contributed by atoms with Crippen molar-refractivity contribution in [1.82, 2.24) is 0 Å². The van der Waals surface area contributed by atoms with Gasteiger partial charge in [0.25, 0.3) is 0 Å². The second-order valence-corrected chi connectivity index (χ2v) is 5.80. The number of nitrogens with one attached hydrogen (secondary N) is 1. The van der Waals surface area contributed by atoms with Crippen LogP contribution >= 0.6 is 23.4 Å². The third-order valence-electron chi connectivity index (χ3n) is 2.91. The Morgan fingerprint density at radius 1 is 1.56 bits per heavy atom. The number of hydrogen-bond acceptors (Lipinski definition) is 4. The monoisotopic (exact) mass is 285 g/mol. The zero-order valence-corrected chi connectivity index (χ0v) is 11.8. The minimum Gasteiger partial charge on any atom is -0.465 e. The Bertz CT molecular complexity index is 433. The van der Waals surface area contributed by atoms with Gasteiger partial charge >= 0.3 is 5.97 Å². The number of rotatable bonds is 3. The summed E-state index contributed by atoms with van der Waals surface area (Å²) in [4.78, 5) is 11.5. The van der Waals surface area contributed by atoms with Crippen LogP contribution in [0.4, 0.5) is 5.69 Å². The molecule has 0 amide bonds. The first-order valence-electron chi connectivity index (χ1n) is 5.93. The minimum atomic E-state index is -0.340. The molecule has 0 radical (unpaired) electrons. The summed E-state index contributed by atoms with van der Waals surface area (Å²) in [6.07, 6.45) is 2.36. The number of halogens is 1. The molecule has 1 heterocycles. The van der Waals surface area contributed by atoms with Crippen molar-refractivity contribution in [3.05, 3.63) is 28.8 Å². The maximum atomic E-state index is 11.5. The highest BCUT2D eigenvalue weighted by Gasteiger charge is 2.16. The predicted octanol–water partition coefficient (Wildman–Crippen LogP) is 3.43. The Morgan fingerprint density at radius 3 is 3.06 bits per heavy atom. The number of thioether (sulfide) groups is 1. The quantitative estimate of drug-likeness (QED) is 0.864. The van der Waals surface area contributed by atoms with Gasteiger partial charge in [-0.25, -0.2) is 4.79 Å². The van der Waals surface area contributed by atoms with Gasteiger partial charge in [-0.15, -0.1) is 0 Å². The Labute approximate surface area is 116 Å². The maximum Gasteiger partial charge on any atom is 0.337 e. The molecule has 5 heteroatoms. The van der Waals surface area contributed by atoms with Crippen LogP contribution in [-0.2, 0) is 4.74 Å². The summed E-state index contributed by atoms with van der Waals surface area (Å²) in [6, 6.07) is 5.59. The second kappa shape index (κ2) is 6.34. The number of carbonyl (C=O) groups excluding carboxylic acids is 1. The molecule has 0 aliphatic carbocycles. The highest BCUT2D eigenvalue weighted by atomic mass is 35.5. The smallest absolute Gasteiger partial charge is 0.337 e. The topological polar surface area (TPSA) is 38.3 Å². The number of ether oxygens (including phenoxy) is 1. The van der Waals surface area contributed by atoms with Crippen molar-refractivity contribution >= 4 is 35.0 Å². The van der Waals surface area contributed by atoms with Gasteiger partial charge in [-0.05, 0) is 36.8 Å². The molecule has 1 unspecified atom stereocenters. The highest BCUT2D eigenvalue weighted by molar-refractivity contribution is 7.99. The molecule has 18 heavy (non-hydrogen) atoms. The van der Waals surface area contributed by atoms with Crippen LogP contribution in [0.5, 0.6) is 0 Å². The van der Waals surface area contributed by atoms with Gasteiger partial charge in [0, 0.05) is 11.8 Å². The number of esters is 1. The van der Waals surface area contributed by atoms with Crippen LogP contribution in [0.2, 0.25) is 5.02 Å². The lowest BCUT2D eigenvalue weighted by Gasteiger charge is -2.24. The zero-order chi connectivity index (χ0) is 13.0. The van der Waals surface area contributed by atoms with Gasteiger partial charge < -0.3 is 10.1 Å². The molecular formula is C13H16ClNO2S. The van der Waals surface area contributed by atoms with Gasteiger partial charge in [0.1, 0.15) is 0 Å². The number of carbonyl (C=O) groups is 1. The third-order valence-corrected chi connectivity index (χ3v) is 4.45. The SMILES string of the molecule is COC(=O)c1ccc(Cl)c(NC2CCCSC2)c1. The Hall–Kier alpha value is -0.870. The summed E-state index contributed by atoms with van der Waals surface area (Å²) in [7, 11) is 1.38. The van der Waals surface area contributed by atoms with E-state index < -0.39 is 0 Å². The molecule has 2 rings (SSSR count). The lowest BCUT2D eigenvalue weighted by Crippen LogP contribution is -2.26. The molecule has 0 saturated carbocycles. The average molecular weight is 286 g/mol. The number of benzene rings is 1. The molecule has 3 nitrogen and oxygen atoms in total. The van der Waals surface area contributed by atoms with E-state index in [0.717, 1.165) is 17.9 Å². The largest absolute Gasteiger partial charge is 0.465 e. The summed E-state index contributed by atoms with van der Waals surface area (Å²) < 4.78 is 4.71. The summed E-state index contributed by atoms with van der Waals surface area (Å²) in [5.74, 6) is 1.97. The Morgan fingerprint density at radius 2 is 2.39 bits per heavy atom. The van der Waals surface area contributed by atoms with Gasteiger partial charge in [0.05, 0.1) is 23.4 Å². The molecule has 0 bridgehead atoms. The van der Waals surface area contributed by atoms with Crippen molar-refractivity contribution in [2.45, 2.75) is 18.9 Å². The summed E-state index contributed by atoms with van der Waals surface area (Å²) in [5.41, 5.74) is 1.33. The van der Waals surface area contributed by atoms with Gasteiger partial charge in [-0.3, -0.25) is 0 Å². The minimum absolute atomic E-state index is 0.340. The molecule has 1 N–H and O–H groups in total. The highest BCUT2D eigenvalue weighted by Crippen LogP contribution is 2.27. The van der Waals surface area contributed by atoms with Crippen molar-refractivity contribution < 1.29 is 9.53 Å². The van der Waals surface area contributed by atoms with Crippen LogP contribution in [-0.4, -0.2) is 30.6 Å². The van der Waals surface area contributed by atoms with Crippen LogP contribution < -0.4 is 5.32 Å². The fourth-order valence-corrected chi connectivity index (χ4v) is 3.20. The molecule has 0 spiro atoms. The van der Waals surface area contributed by atoms with E-state index in [-0.39, 0.29) is 5.97 Å². The van der Waals surface area contributed by atoms with Gasteiger partial charge in [0.15, 0.2) is 0 Å². The van der Waals surface area contributed by atoms with E-state index in [9.17, 15) is 4.79 Å². The first-order chi connectivity index (χ1) is 8.70. The Balaban J connectivity index is 2.12. The standard InChI is InChI=1S/C13H16ClNO2S/c1-17-13(16)9-4-5-11(14)12(7-9)15-10-3-2-6-18-8-10/h4-5,7,10,15H,2-3,6,8H2,1H3. The summed E-state index contributed by atoms with van der Waals surface area (Å²) in [5, 5.41) is 4.05. The molecular weight excluding hydrogens is 270 g/mol. The molecule has 1 saturated heterocycles. The van der Waals surface area contributed by atoms with Crippen LogP contribution in [0, 0.1) is 0 Å². The van der Waals surface area contributed by atoms with E-state index in [2.05, 4.69) is 5.32 Å². The molecule has 0 aromatic heterocycles. The van der Waals surface area contributed by atoms with Gasteiger partial charge in [0.2, 0.25) is 0 Å². The third kappa shape index (κ3) is 3.33. The van der Waals surface area contributed by atoms with Crippen LogP contribution in [0.3, 0.4) is 0 Å². The van der Waals surface area contributed by atoms with Crippen LogP contribution in [0.1, 0.15) is 23.2 Å². The van der Waals surface area contributed by atoms with E-state index in [4.69, 9.17) is 16.3 Å². The normalized spacial score (nSPS) is 19.3. The van der Waals surface area contributed by atoms with Crippen molar-refractivity contribution in [2.75, 3.05) is 23.9 Å². The molecule has 1 aliphatic heterocycles. The molecule has 1 fully saturated rings. The van der Waals surface area contributed by atoms with E-state index >= 15 is 0 Å². The van der Waals surface area contributed by atoms with Crippen molar-refractivity contribution in [1.29, 1.82) is 0 Å². The number of hydrogen-bond donors (Lipinski definition) is 1. The predicted molar refractivity (Wildman–Crippen MR) is 76.8 cm³/mol. The molecule has 1 aromatic carbocycles. The van der Waals surface area contributed by atoms with Gasteiger partial charge in [-0.1, -0.05) is 11.6 Å². The van der Waals surface area contributed by atoms with E-state index in [0.29, 0.717) is 16.6 Å². The number of methoxy groups -OCH3 is 1. The van der Waals surface area contributed by atoms with Crippen molar-refractivity contribution in [3.63, 3.8) is 0 Å². The molecule has 1 atom stereocenters. The summed E-state index contributed by atoms with van der Waals surface area (Å²) in [6.45, 7) is 0. The molecule has 1 aliphatic rings.